The first-order chi connectivity index (χ1) is 11.4. The first-order valence-electron chi connectivity index (χ1n) is 8.33. The molecule has 9 heteroatoms. The first-order valence-corrected chi connectivity index (χ1v) is 11.0. The summed E-state index contributed by atoms with van der Waals surface area (Å²) in [5, 5.41) is 6.72. The van der Waals surface area contributed by atoms with E-state index in [9.17, 15) is 8.42 Å². The Kier molecular flexibility index (Phi) is 9.68. The third-order valence-corrected chi connectivity index (χ3v) is 6.70. The van der Waals surface area contributed by atoms with Crippen molar-refractivity contribution in [2.45, 2.75) is 26.3 Å². The molecule has 0 radical (unpaired) electrons. The van der Waals surface area contributed by atoms with Crippen LogP contribution < -0.4 is 10.6 Å². The van der Waals surface area contributed by atoms with Gasteiger partial charge in [0, 0.05) is 55.4 Å². The number of aryl methyl sites for hydroxylation is 1. The monoisotopic (exact) mass is 500 g/mol. The fourth-order valence-corrected chi connectivity index (χ4v) is 4.98. The van der Waals surface area contributed by atoms with Gasteiger partial charge < -0.3 is 10.6 Å². The lowest BCUT2D eigenvalue weighted by molar-refractivity contribution is 0.299. The van der Waals surface area contributed by atoms with E-state index in [-0.39, 0.29) is 35.5 Å². The summed E-state index contributed by atoms with van der Waals surface area (Å²) in [6.45, 7) is 7.11. The van der Waals surface area contributed by atoms with Gasteiger partial charge in [0.05, 0.1) is 11.5 Å². The molecular weight excluding hydrogens is 471 g/mol. The highest BCUT2D eigenvalue weighted by Crippen LogP contribution is 2.16. The van der Waals surface area contributed by atoms with E-state index in [0.717, 1.165) is 25.5 Å². The van der Waals surface area contributed by atoms with Crippen LogP contribution in [0.4, 0.5) is 0 Å². The van der Waals surface area contributed by atoms with Crippen molar-refractivity contribution in [1.29, 1.82) is 0 Å². The van der Waals surface area contributed by atoms with Gasteiger partial charge in [-0.1, -0.05) is 0 Å². The minimum Gasteiger partial charge on any atom is -0.355 e. The van der Waals surface area contributed by atoms with Crippen molar-refractivity contribution in [2.24, 2.45) is 4.99 Å². The fourth-order valence-electron chi connectivity index (χ4n) is 2.68. The summed E-state index contributed by atoms with van der Waals surface area (Å²) in [6.07, 6.45) is 0.975. The Labute approximate surface area is 172 Å². The number of aliphatic imine (C=N–C) groups is 1. The van der Waals surface area contributed by atoms with Crippen LogP contribution in [0.15, 0.2) is 17.1 Å². The molecule has 0 saturated carbocycles. The van der Waals surface area contributed by atoms with Gasteiger partial charge in [0.2, 0.25) is 0 Å². The smallest absolute Gasteiger partial charge is 0.191 e. The maximum absolute atomic E-state index is 11.4. The average Bonchev–Trinajstić information content (AvgIpc) is 2.92. The number of nitrogens with zero attached hydrogens (tertiary/aromatic N) is 2. The van der Waals surface area contributed by atoms with Crippen molar-refractivity contribution < 1.29 is 8.42 Å². The number of hydrogen-bond acceptors (Lipinski definition) is 5. The van der Waals surface area contributed by atoms with Crippen LogP contribution in [0.3, 0.4) is 0 Å². The summed E-state index contributed by atoms with van der Waals surface area (Å²) in [5.41, 5.74) is 0. The summed E-state index contributed by atoms with van der Waals surface area (Å²) in [5.74, 6) is 1.34. The van der Waals surface area contributed by atoms with E-state index in [1.54, 1.807) is 7.05 Å². The van der Waals surface area contributed by atoms with Crippen molar-refractivity contribution in [1.82, 2.24) is 15.5 Å². The van der Waals surface area contributed by atoms with Gasteiger partial charge >= 0.3 is 0 Å². The van der Waals surface area contributed by atoms with Crippen LogP contribution in [-0.2, 0) is 16.3 Å². The van der Waals surface area contributed by atoms with Crippen molar-refractivity contribution >= 4 is 51.1 Å². The number of hydrogen-bond donors (Lipinski definition) is 2. The molecule has 0 aromatic carbocycles. The Balaban J connectivity index is 0.00000312. The third kappa shape index (κ3) is 8.23. The molecule has 0 spiro atoms. The molecule has 0 amide bonds. The molecule has 2 rings (SSSR count). The summed E-state index contributed by atoms with van der Waals surface area (Å²) < 4.78 is 22.9. The van der Waals surface area contributed by atoms with Crippen molar-refractivity contribution in [3.8, 4) is 0 Å². The lowest BCUT2D eigenvalue weighted by Gasteiger charge is -2.27. The predicted octanol–water partition coefficient (Wildman–Crippen LogP) is 1.50. The second-order valence-corrected chi connectivity index (χ2v) is 9.93. The summed E-state index contributed by atoms with van der Waals surface area (Å²) >= 11 is 1.83. The van der Waals surface area contributed by atoms with E-state index in [1.165, 1.54) is 9.75 Å². The Morgan fingerprint density at radius 3 is 2.60 bits per heavy atom. The van der Waals surface area contributed by atoms with E-state index < -0.39 is 9.84 Å². The summed E-state index contributed by atoms with van der Waals surface area (Å²) in [4.78, 5) is 9.15. The number of thiophene rings is 1. The molecule has 0 bridgehead atoms. The molecule has 6 nitrogen and oxygen atoms in total. The highest BCUT2D eigenvalue weighted by Gasteiger charge is 2.21. The molecule has 2 heterocycles. The highest BCUT2D eigenvalue weighted by atomic mass is 127. The van der Waals surface area contributed by atoms with Gasteiger partial charge in [0.25, 0.3) is 0 Å². The molecule has 1 saturated heterocycles. The molecule has 1 aliphatic rings. The molecule has 1 aliphatic heterocycles. The molecule has 1 aromatic rings. The number of halogens is 1. The number of guanidine groups is 1. The standard InChI is InChI=1S/C16H28N4O2S2.HI/c1-13(12-15-5-4-14(2)23-15)19-16(17-3)18-6-7-20-8-10-24(21,22)11-9-20;/h4-5,13H,6-12H2,1-3H3,(H2,17,18,19);1H. The quantitative estimate of drug-likeness (QED) is 0.352. The van der Waals surface area contributed by atoms with E-state index in [4.69, 9.17) is 0 Å². The zero-order chi connectivity index (χ0) is 17.6. The second-order valence-electron chi connectivity index (χ2n) is 6.25. The zero-order valence-corrected chi connectivity index (χ0v) is 19.1. The maximum Gasteiger partial charge on any atom is 0.191 e. The Morgan fingerprint density at radius 2 is 2.04 bits per heavy atom. The van der Waals surface area contributed by atoms with Crippen LogP contribution in [0.25, 0.3) is 0 Å². The summed E-state index contributed by atoms with van der Waals surface area (Å²) in [6, 6.07) is 4.63. The lowest BCUT2D eigenvalue weighted by atomic mass is 10.2. The SMILES string of the molecule is CN=C(NCCN1CCS(=O)(=O)CC1)NC(C)Cc1ccc(C)s1.I. The minimum absolute atomic E-state index is 0. The second kappa shape index (κ2) is 10.7. The molecule has 144 valence electrons. The van der Waals surface area contributed by atoms with Crippen molar-refractivity contribution in [3.05, 3.63) is 21.9 Å². The van der Waals surface area contributed by atoms with Gasteiger partial charge in [0.1, 0.15) is 0 Å². The van der Waals surface area contributed by atoms with Gasteiger partial charge in [-0.3, -0.25) is 9.89 Å². The van der Waals surface area contributed by atoms with Crippen LogP contribution in [0.5, 0.6) is 0 Å². The highest BCUT2D eigenvalue weighted by molar-refractivity contribution is 14.0. The van der Waals surface area contributed by atoms with Crippen LogP contribution >= 0.6 is 35.3 Å². The minimum atomic E-state index is -2.80. The molecule has 0 aliphatic carbocycles. The van der Waals surface area contributed by atoms with Crippen LogP contribution in [-0.4, -0.2) is 70.1 Å². The van der Waals surface area contributed by atoms with E-state index in [0.29, 0.717) is 19.1 Å². The van der Waals surface area contributed by atoms with Gasteiger partial charge in [-0.15, -0.1) is 35.3 Å². The van der Waals surface area contributed by atoms with Gasteiger partial charge in [0.15, 0.2) is 15.8 Å². The maximum atomic E-state index is 11.4. The Hall–Kier alpha value is -0.390. The van der Waals surface area contributed by atoms with Crippen LogP contribution in [0.1, 0.15) is 16.7 Å². The molecule has 1 fully saturated rings. The molecule has 2 N–H and O–H groups in total. The summed E-state index contributed by atoms with van der Waals surface area (Å²) in [7, 11) is -1.03. The van der Waals surface area contributed by atoms with Crippen LogP contribution in [0.2, 0.25) is 0 Å². The zero-order valence-electron chi connectivity index (χ0n) is 15.1. The molecular formula is C16H29IN4O2S2. The largest absolute Gasteiger partial charge is 0.355 e. The Bertz CT molecular complexity index is 647. The normalized spacial score (nSPS) is 19.1. The number of rotatable bonds is 6. The molecule has 1 unspecified atom stereocenters. The van der Waals surface area contributed by atoms with Crippen molar-refractivity contribution in [2.75, 3.05) is 44.7 Å². The number of nitrogens with one attached hydrogen (secondary N) is 2. The van der Waals surface area contributed by atoms with E-state index in [1.807, 2.05) is 11.3 Å². The predicted molar refractivity (Wildman–Crippen MR) is 117 cm³/mol. The fraction of sp³-hybridized carbons (Fsp3) is 0.688. The van der Waals surface area contributed by atoms with Gasteiger partial charge in [-0.2, -0.15) is 0 Å². The topological polar surface area (TPSA) is 73.8 Å². The average molecular weight is 500 g/mol. The van der Waals surface area contributed by atoms with Gasteiger partial charge in [-0.25, -0.2) is 8.42 Å². The van der Waals surface area contributed by atoms with Gasteiger partial charge in [-0.05, 0) is 26.0 Å². The lowest BCUT2D eigenvalue weighted by Crippen LogP contribution is -2.47. The molecule has 1 aromatic heterocycles. The third-order valence-electron chi connectivity index (χ3n) is 4.07. The first kappa shape index (κ1) is 22.7. The Morgan fingerprint density at radius 1 is 1.36 bits per heavy atom. The molecule has 1 atom stereocenters. The molecule has 25 heavy (non-hydrogen) atoms. The van der Waals surface area contributed by atoms with E-state index >= 15 is 0 Å². The van der Waals surface area contributed by atoms with Crippen molar-refractivity contribution in [3.63, 3.8) is 0 Å². The van der Waals surface area contributed by atoms with E-state index in [2.05, 4.69) is 46.5 Å². The number of sulfone groups is 1. The van der Waals surface area contributed by atoms with Crippen LogP contribution in [0, 0.1) is 6.92 Å².